The average molecular weight is 533 g/mol. The van der Waals surface area contributed by atoms with Crippen molar-refractivity contribution in [1.29, 1.82) is 0 Å². The minimum absolute atomic E-state index is 0.283. The molecular weight excluding hydrogens is 504 g/mol. The fourth-order valence-electron chi connectivity index (χ4n) is 4.18. The molecule has 4 rings (SSSR count). The van der Waals surface area contributed by atoms with Crippen molar-refractivity contribution in [3.05, 3.63) is 95.0 Å². The van der Waals surface area contributed by atoms with Crippen molar-refractivity contribution >= 4 is 46.7 Å². The number of nitrogens with zero attached hydrogens (tertiary/aromatic N) is 3. The van der Waals surface area contributed by atoms with Gasteiger partial charge in [-0.25, -0.2) is 4.79 Å². The molecule has 196 valence electrons. The van der Waals surface area contributed by atoms with Crippen LogP contribution in [0.2, 0.25) is 5.02 Å². The Bertz CT molecular complexity index is 1310. The zero-order valence-electron chi connectivity index (χ0n) is 20.9. The second kappa shape index (κ2) is 12.2. The third-order valence-corrected chi connectivity index (χ3v) is 6.39. The van der Waals surface area contributed by atoms with Crippen LogP contribution < -0.4 is 21.3 Å². The number of carbonyl (C=O) groups excluding carboxylic acids is 3. The van der Waals surface area contributed by atoms with Crippen molar-refractivity contribution in [1.82, 2.24) is 10.2 Å². The molecule has 4 N–H and O–H groups in total. The molecule has 1 aliphatic rings. The average Bonchev–Trinajstić information content (AvgIpc) is 3.34. The first-order valence-corrected chi connectivity index (χ1v) is 12.5. The van der Waals surface area contributed by atoms with Gasteiger partial charge in [0.15, 0.2) is 0 Å². The maximum atomic E-state index is 13.5. The number of halogens is 1. The van der Waals surface area contributed by atoms with Crippen molar-refractivity contribution in [2.75, 3.05) is 30.4 Å². The molecule has 0 bridgehead atoms. The van der Waals surface area contributed by atoms with E-state index in [1.165, 1.54) is 0 Å². The fourth-order valence-corrected chi connectivity index (χ4v) is 4.31. The molecule has 0 aromatic heterocycles. The highest BCUT2D eigenvalue weighted by Gasteiger charge is 2.32. The molecule has 1 unspecified atom stereocenters. The van der Waals surface area contributed by atoms with Gasteiger partial charge < -0.3 is 21.3 Å². The second-order valence-electron chi connectivity index (χ2n) is 8.86. The number of amidine groups is 1. The molecule has 0 saturated carbocycles. The maximum absolute atomic E-state index is 13.5. The highest BCUT2D eigenvalue weighted by atomic mass is 35.5. The molecule has 0 aliphatic carbocycles. The lowest BCUT2D eigenvalue weighted by atomic mass is 10.1. The number of nitrogens with one attached hydrogen (secondary N) is 2. The summed E-state index contributed by atoms with van der Waals surface area (Å²) in [4.78, 5) is 46.6. The summed E-state index contributed by atoms with van der Waals surface area (Å²) >= 11 is 6.01. The number of nitrogens with two attached hydrogens (primary N) is 1. The summed E-state index contributed by atoms with van der Waals surface area (Å²) in [6.45, 7) is 1.88. The van der Waals surface area contributed by atoms with E-state index in [1.54, 1.807) is 36.4 Å². The first kappa shape index (κ1) is 26.7. The van der Waals surface area contributed by atoms with Gasteiger partial charge in [-0.05, 0) is 54.1 Å². The monoisotopic (exact) mass is 532 g/mol. The Morgan fingerprint density at radius 3 is 2.32 bits per heavy atom. The van der Waals surface area contributed by atoms with E-state index in [0.29, 0.717) is 16.4 Å². The van der Waals surface area contributed by atoms with Crippen molar-refractivity contribution in [3.8, 4) is 0 Å². The molecule has 38 heavy (non-hydrogen) atoms. The normalized spacial score (nSPS) is 13.4. The molecule has 1 aliphatic heterocycles. The van der Waals surface area contributed by atoms with Crippen molar-refractivity contribution in [2.24, 2.45) is 10.7 Å². The lowest BCUT2D eigenvalue weighted by Gasteiger charge is -2.29. The molecule has 4 amide bonds. The number of rotatable bonds is 9. The minimum atomic E-state index is -1.21. The molecule has 0 fully saturated rings. The molecule has 3 aromatic rings. The van der Waals surface area contributed by atoms with Crippen LogP contribution in [0, 0.1) is 0 Å². The zero-order chi connectivity index (χ0) is 27.1. The lowest BCUT2D eigenvalue weighted by Crippen LogP contribution is -2.52. The number of likely N-dealkylation sites (N-methyl/N-ethyl adjacent to an activating group) is 1. The van der Waals surface area contributed by atoms with Crippen LogP contribution in [0.25, 0.3) is 0 Å². The first-order valence-electron chi connectivity index (χ1n) is 12.1. The summed E-state index contributed by atoms with van der Waals surface area (Å²) in [7, 11) is 1.98. The Hall–Kier alpha value is -4.37. The number of anilines is 2. The molecule has 10 heteroatoms. The van der Waals surface area contributed by atoms with Gasteiger partial charge in [0.05, 0.1) is 13.0 Å². The fraction of sp³-hybridized carbons (Fsp3) is 0.214. The van der Waals surface area contributed by atoms with Gasteiger partial charge in [0.1, 0.15) is 11.9 Å². The summed E-state index contributed by atoms with van der Waals surface area (Å²) in [5, 5.41) is 6.08. The molecule has 3 aromatic carbocycles. The number of urea groups is 1. The van der Waals surface area contributed by atoms with E-state index in [1.807, 2.05) is 49.5 Å². The predicted molar refractivity (Wildman–Crippen MR) is 149 cm³/mol. The van der Waals surface area contributed by atoms with E-state index >= 15 is 0 Å². The van der Waals surface area contributed by atoms with Crippen LogP contribution in [0.3, 0.4) is 0 Å². The Morgan fingerprint density at radius 1 is 1.03 bits per heavy atom. The molecule has 1 heterocycles. The smallest absolute Gasteiger partial charge is 0.320 e. The van der Waals surface area contributed by atoms with E-state index in [9.17, 15) is 14.4 Å². The van der Waals surface area contributed by atoms with E-state index in [4.69, 9.17) is 17.3 Å². The van der Waals surface area contributed by atoms with Crippen LogP contribution in [0.4, 0.5) is 16.2 Å². The Labute approximate surface area is 226 Å². The van der Waals surface area contributed by atoms with Gasteiger partial charge >= 0.3 is 6.03 Å². The second-order valence-corrected chi connectivity index (χ2v) is 9.30. The van der Waals surface area contributed by atoms with Crippen LogP contribution in [0.1, 0.15) is 17.5 Å². The van der Waals surface area contributed by atoms with Gasteiger partial charge in [-0.15, -0.1) is 0 Å². The van der Waals surface area contributed by atoms with E-state index in [2.05, 4.69) is 20.5 Å². The minimum Gasteiger partial charge on any atom is -0.358 e. The van der Waals surface area contributed by atoms with Crippen molar-refractivity contribution in [2.45, 2.75) is 19.0 Å². The number of hydrogen-bond acceptors (Lipinski definition) is 5. The summed E-state index contributed by atoms with van der Waals surface area (Å²) < 4.78 is 0. The number of aliphatic imine (C=N–C) groups is 1. The Morgan fingerprint density at radius 2 is 1.71 bits per heavy atom. The third kappa shape index (κ3) is 6.68. The molecular formula is C28H29ClN6O3. The number of amides is 4. The summed E-state index contributed by atoms with van der Waals surface area (Å²) in [6, 6.07) is 20.8. The summed E-state index contributed by atoms with van der Waals surface area (Å²) in [6.07, 6.45) is -0.302. The molecule has 0 saturated heterocycles. The first-order chi connectivity index (χ1) is 18.3. The van der Waals surface area contributed by atoms with Gasteiger partial charge in [0.2, 0.25) is 11.8 Å². The highest BCUT2D eigenvalue weighted by Crippen LogP contribution is 2.23. The van der Waals surface area contributed by atoms with Gasteiger partial charge in [-0.2, -0.15) is 0 Å². The standard InChI is InChI=1S/C28H29ClN6O3/c1-34-16-15-31-26(34)20-7-11-22(12-8-20)33-27(37)24(17-25(36)32-18-19-5-3-2-4-6-19)35(28(30)38)23-13-9-21(29)10-14-23/h2-14,24H,15-18H2,1H3,(H2,30,38)(H,32,36)(H,33,37). The quantitative estimate of drug-likeness (QED) is 0.389. The number of primary amides is 1. The molecule has 1 atom stereocenters. The Kier molecular flexibility index (Phi) is 8.60. The van der Waals surface area contributed by atoms with Crippen LogP contribution in [0.15, 0.2) is 83.9 Å². The maximum Gasteiger partial charge on any atom is 0.320 e. The largest absolute Gasteiger partial charge is 0.358 e. The van der Waals surface area contributed by atoms with E-state index in [-0.39, 0.29) is 13.0 Å². The van der Waals surface area contributed by atoms with Gasteiger partial charge in [-0.3, -0.25) is 19.5 Å². The zero-order valence-corrected chi connectivity index (χ0v) is 21.7. The van der Waals surface area contributed by atoms with Crippen LogP contribution in [0.5, 0.6) is 0 Å². The van der Waals surface area contributed by atoms with E-state index in [0.717, 1.165) is 35.0 Å². The molecule has 9 nitrogen and oxygen atoms in total. The van der Waals surface area contributed by atoms with E-state index < -0.39 is 23.9 Å². The lowest BCUT2D eigenvalue weighted by molar-refractivity contribution is -0.125. The topological polar surface area (TPSA) is 120 Å². The predicted octanol–water partition coefficient (Wildman–Crippen LogP) is 3.63. The van der Waals surface area contributed by atoms with Crippen molar-refractivity contribution in [3.63, 3.8) is 0 Å². The highest BCUT2D eigenvalue weighted by molar-refractivity contribution is 6.30. The van der Waals surface area contributed by atoms with Crippen LogP contribution >= 0.6 is 11.6 Å². The SMILES string of the molecule is CN1CCN=C1c1ccc(NC(=O)C(CC(=O)NCc2ccccc2)N(C(N)=O)c2ccc(Cl)cc2)cc1. The molecule has 0 spiro atoms. The van der Waals surface area contributed by atoms with Gasteiger partial charge in [0, 0.05) is 42.1 Å². The van der Waals surface area contributed by atoms with Gasteiger partial charge in [0.25, 0.3) is 0 Å². The Balaban J connectivity index is 1.54. The summed E-state index contributed by atoms with van der Waals surface area (Å²) in [5.41, 5.74) is 8.40. The summed E-state index contributed by atoms with van der Waals surface area (Å²) in [5.74, 6) is -0.0815. The van der Waals surface area contributed by atoms with Crippen LogP contribution in [-0.2, 0) is 16.1 Å². The number of hydrogen-bond donors (Lipinski definition) is 3. The van der Waals surface area contributed by atoms with Crippen LogP contribution in [-0.4, -0.2) is 54.8 Å². The van der Waals surface area contributed by atoms with Gasteiger partial charge in [-0.1, -0.05) is 41.9 Å². The number of benzene rings is 3. The number of carbonyl (C=O) groups is 3. The van der Waals surface area contributed by atoms with Crippen molar-refractivity contribution < 1.29 is 14.4 Å². The molecule has 0 radical (unpaired) electrons. The third-order valence-electron chi connectivity index (χ3n) is 6.14.